The first-order valence-electron chi connectivity index (χ1n) is 9.68. The number of fused-ring (bicyclic) bond motifs is 1. The second-order valence-corrected chi connectivity index (χ2v) is 7.42. The van der Waals surface area contributed by atoms with Gasteiger partial charge in [-0.1, -0.05) is 42.5 Å². The SMILES string of the molecule is NCc1ccc(CCN2CCC(N3CCc4ccccc43)CC2)cc1. The number of anilines is 1. The molecular formula is C22H29N3. The number of nitrogens with two attached hydrogens (primary N) is 1. The number of hydrogen-bond donors (Lipinski definition) is 1. The lowest BCUT2D eigenvalue weighted by molar-refractivity contribution is 0.212. The maximum atomic E-state index is 5.67. The molecule has 0 saturated carbocycles. The van der Waals surface area contributed by atoms with Crippen molar-refractivity contribution >= 4 is 5.69 Å². The Bertz CT molecular complexity index is 687. The summed E-state index contributed by atoms with van der Waals surface area (Å²) in [6.07, 6.45) is 4.94. The standard InChI is InChI=1S/C22H29N3/c23-17-19-7-5-18(6-8-19)9-13-24-14-11-21(12-15-24)25-16-10-20-3-1-2-4-22(20)25/h1-8,21H,9-17,23H2. The third-order valence-corrected chi connectivity index (χ3v) is 5.90. The highest BCUT2D eigenvalue weighted by molar-refractivity contribution is 5.58. The molecule has 2 aliphatic heterocycles. The van der Waals surface area contributed by atoms with Crippen molar-refractivity contribution in [1.29, 1.82) is 0 Å². The van der Waals surface area contributed by atoms with Crippen LogP contribution in [-0.4, -0.2) is 37.1 Å². The Labute approximate surface area is 151 Å². The van der Waals surface area contributed by atoms with Crippen LogP contribution in [0.4, 0.5) is 5.69 Å². The molecule has 132 valence electrons. The van der Waals surface area contributed by atoms with Crippen LogP contribution in [0.2, 0.25) is 0 Å². The third kappa shape index (κ3) is 3.73. The lowest BCUT2D eigenvalue weighted by atomic mass is 10.0. The fourth-order valence-corrected chi connectivity index (χ4v) is 4.33. The highest BCUT2D eigenvalue weighted by atomic mass is 15.2. The van der Waals surface area contributed by atoms with Crippen molar-refractivity contribution in [2.45, 2.75) is 38.3 Å². The molecule has 0 amide bonds. The smallest absolute Gasteiger partial charge is 0.0402 e. The zero-order chi connectivity index (χ0) is 17.1. The van der Waals surface area contributed by atoms with Crippen molar-refractivity contribution in [2.75, 3.05) is 31.1 Å². The molecule has 4 rings (SSSR count). The van der Waals surface area contributed by atoms with Gasteiger partial charge in [-0.05, 0) is 48.4 Å². The van der Waals surface area contributed by atoms with Gasteiger partial charge < -0.3 is 15.5 Å². The minimum atomic E-state index is 0.632. The van der Waals surface area contributed by atoms with Crippen molar-refractivity contribution in [2.24, 2.45) is 5.73 Å². The predicted octanol–water partition coefficient (Wildman–Crippen LogP) is 3.21. The molecule has 2 N–H and O–H groups in total. The van der Waals surface area contributed by atoms with E-state index in [1.807, 2.05) is 0 Å². The van der Waals surface area contributed by atoms with Crippen LogP contribution in [0.1, 0.15) is 29.5 Å². The Kier molecular flexibility index (Phi) is 5.04. The number of para-hydroxylation sites is 1. The Morgan fingerprint density at radius 2 is 1.60 bits per heavy atom. The molecular weight excluding hydrogens is 306 g/mol. The van der Waals surface area contributed by atoms with Gasteiger partial charge >= 0.3 is 0 Å². The third-order valence-electron chi connectivity index (χ3n) is 5.90. The van der Waals surface area contributed by atoms with Gasteiger partial charge in [0.2, 0.25) is 0 Å². The van der Waals surface area contributed by atoms with Crippen LogP contribution in [-0.2, 0) is 19.4 Å². The Balaban J connectivity index is 1.27. The van der Waals surface area contributed by atoms with Crippen LogP contribution in [0.5, 0.6) is 0 Å². The van der Waals surface area contributed by atoms with Crippen LogP contribution < -0.4 is 10.6 Å². The number of piperidine rings is 1. The van der Waals surface area contributed by atoms with E-state index in [1.165, 1.54) is 67.8 Å². The molecule has 0 aromatic heterocycles. The molecule has 0 aliphatic carbocycles. The summed E-state index contributed by atoms with van der Waals surface area (Å²) in [5.74, 6) is 0. The summed E-state index contributed by atoms with van der Waals surface area (Å²) in [6.45, 7) is 5.46. The van der Waals surface area contributed by atoms with Crippen molar-refractivity contribution in [3.05, 3.63) is 65.2 Å². The first-order chi connectivity index (χ1) is 12.3. The number of hydrogen-bond acceptors (Lipinski definition) is 3. The largest absolute Gasteiger partial charge is 0.368 e. The molecule has 0 unspecified atom stereocenters. The molecule has 3 heteroatoms. The van der Waals surface area contributed by atoms with E-state index in [0.29, 0.717) is 6.54 Å². The maximum absolute atomic E-state index is 5.67. The van der Waals surface area contributed by atoms with Gasteiger partial charge in [0, 0.05) is 44.5 Å². The van der Waals surface area contributed by atoms with Crippen LogP contribution in [0.15, 0.2) is 48.5 Å². The average Bonchev–Trinajstić information content (AvgIpc) is 3.11. The zero-order valence-corrected chi connectivity index (χ0v) is 15.0. The van der Waals surface area contributed by atoms with Crippen molar-refractivity contribution in [1.82, 2.24) is 4.90 Å². The lowest BCUT2D eigenvalue weighted by Crippen LogP contribution is -2.44. The van der Waals surface area contributed by atoms with Gasteiger partial charge in [0.05, 0.1) is 0 Å². The van der Waals surface area contributed by atoms with Crippen molar-refractivity contribution in [3.8, 4) is 0 Å². The minimum Gasteiger partial charge on any atom is -0.368 e. The van der Waals surface area contributed by atoms with Gasteiger partial charge in [-0.2, -0.15) is 0 Å². The van der Waals surface area contributed by atoms with E-state index >= 15 is 0 Å². The van der Waals surface area contributed by atoms with E-state index in [4.69, 9.17) is 5.73 Å². The molecule has 2 aliphatic rings. The van der Waals surface area contributed by atoms with E-state index in [9.17, 15) is 0 Å². The van der Waals surface area contributed by atoms with Gasteiger partial charge in [0.1, 0.15) is 0 Å². The molecule has 2 aromatic carbocycles. The van der Waals surface area contributed by atoms with Gasteiger partial charge in [0.25, 0.3) is 0 Å². The summed E-state index contributed by atoms with van der Waals surface area (Å²) in [5.41, 5.74) is 11.3. The summed E-state index contributed by atoms with van der Waals surface area (Å²) in [5, 5.41) is 0. The number of nitrogens with zero attached hydrogens (tertiary/aromatic N) is 2. The molecule has 0 spiro atoms. The van der Waals surface area contributed by atoms with Gasteiger partial charge in [0.15, 0.2) is 0 Å². The summed E-state index contributed by atoms with van der Waals surface area (Å²) in [6, 6.07) is 18.5. The molecule has 2 heterocycles. The molecule has 0 bridgehead atoms. The van der Waals surface area contributed by atoms with Crippen LogP contribution in [0, 0.1) is 0 Å². The topological polar surface area (TPSA) is 32.5 Å². The number of benzene rings is 2. The van der Waals surface area contributed by atoms with Crippen LogP contribution >= 0.6 is 0 Å². The van der Waals surface area contributed by atoms with Crippen molar-refractivity contribution in [3.63, 3.8) is 0 Å². The number of likely N-dealkylation sites (tertiary alicyclic amines) is 1. The molecule has 0 radical (unpaired) electrons. The molecule has 3 nitrogen and oxygen atoms in total. The summed E-state index contributed by atoms with van der Waals surface area (Å²) < 4.78 is 0. The predicted molar refractivity (Wildman–Crippen MR) is 105 cm³/mol. The summed E-state index contributed by atoms with van der Waals surface area (Å²) in [7, 11) is 0. The van der Waals surface area contributed by atoms with E-state index < -0.39 is 0 Å². The van der Waals surface area contributed by atoms with Crippen LogP contribution in [0.25, 0.3) is 0 Å². The second-order valence-electron chi connectivity index (χ2n) is 7.42. The first kappa shape index (κ1) is 16.6. The van der Waals surface area contributed by atoms with Crippen LogP contribution in [0.3, 0.4) is 0 Å². The Morgan fingerprint density at radius 3 is 2.36 bits per heavy atom. The lowest BCUT2D eigenvalue weighted by Gasteiger charge is -2.38. The minimum absolute atomic E-state index is 0.632. The highest BCUT2D eigenvalue weighted by Crippen LogP contribution is 2.32. The summed E-state index contributed by atoms with van der Waals surface area (Å²) >= 11 is 0. The molecule has 1 fully saturated rings. The quantitative estimate of drug-likeness (QED) is 0.911. The molecule has 2 aromatic rings. The zero-order valence-electron chi connectivity index (χ0n) is 15.0. The Hall–Kier alpha value is -1.84. The van der Waals surface area contributed by atoms with E-state index in [2.05, 4.69) is 58.3 Å². The second kappa shape index (κ2) is 7.59. The van der Waals surface area contributed by atoms with E-state index in [1.54, 1.807) is 0 Å². The van der Waals surface area contributed by atoms with E-state index in [0.717, 1.165) is 12.5 Å². The first-order valence-corrected chi connectivity index (χ1v) is 9.68. The fraction of sp³-hybridized carbons (Fsp3) is 0.455. The van der Waals surface area contributed by atoms with Gasteiger partial charge in [-0.3, -0.25) is 0 Å². The average molecular weight is 335 g/mol. The highest BCUT2D eigenvalue weighted by Gasteiger charge is 2.28. The Morgan fingerprint density at radius 1 is 0.880 bits per heavy atom. The van der Waals surface area contributed by atoms with Crippen molar-refractivity contribution < 1.29 is 0 Å². The fourth-order valence-electron chi connectivity index (χ4n) is 4.33. The maximum Gasteiger partial charge on any atom is 0.0402 e. The normalized spacial score (nSPS) is 18.5. The monoisotopic (exact) mass is 335 g/mol. The van der Waals surface area contributed by atoms with E-state index in [-0.39, 0.29) is 0 Å². The number of rotatable bonds is 5. The molecule has 1 saturated heterocycles. The molecule has 25 heavy (non-hydrogen) atoms. The molecule has 0 atom stereocenters. The van der Waals surface area contributed by atoms with Gasteiger partial charge in [-0.15, -0.1) is 0 Å². The van der Waals surface area contributed by atoms with Gasteiger partial charge in [-0.25, -0.2) is 0 Å². The summed E-state index contributed by atoms with van der Waals surface area (Å²) in [4.78, 5) is 5.30.